The topological polar surface area (TPSA) is 122 Å². The van der Waals surface area contributed by atoms with Crippen LogP contribution in [0, 0.1) is 11.3 Å². The minimum Gasteiger partial charge on any atom is -0.389 e. The van der Waals surface area contributed by atoms with Crippen LogP contribution < -0.4 is 11.2 Å². The number of nitrogens with zero attached hydrogens (tertiary/aromatic N) is 3. The summed E-state index contributed by atoms with van der Waals surface area (Å²) in [4.78, 5) is 50.6. The van der Waals surface area contributed by atoms with Crippen molar-refractivity contribution in [2.45, 2.75) is 65.1 Å². The van der Waals surface area contributed by atoms with Crippen LogP contribution in [0.2, 0.25) is 5.02 Å². The molecule has 1 atom stereocenters. The lowest BCUT2D eigenvalue weighted by atomic mass is 9.89. The molecular formula is C27H28ClN3O5. The van der Waals surface area contributed by atoms with Crippen LogP contribution in [0.1, 0.15) is 50.3 Å². The molecule has 9 heteroatoms. The highest BCUT2D eigenvalue weighted by Gasteiger charge is 2.27. The highest BCUT2D eigenvalue weighted by Crippen LogP contribution is 2.22. The molecule has 0 amide bonds. The number of Topliss-reactive ketones (excluding diaryl/α,β-unsaturated/α-hetero) is 2. The van der Waals surface area contributed by atoms with Gasteiger partial charge in [-0.1, -0.05) is 23.7 Å². The van der Waals surface area contributed by atoms with Gasteiger partial charge in [0.05, 0.1) is 27.1 Å². The number of benzene rings is 2. The summed E-state index contributed by atoms with van der Waals surface area (Å²) in [6.07, 6.45) is -0.470. The predicted octanol–water partition coefficient (Wildman–Crippen LogP) is 3.18. The van der Waals surface area contributed by atoms with Crippen molar-refractivity contribution in [2.75, 3.05) is 0 Å². The van der Waals surface area contributed by atoms with Gasteiger partial charge in [-0.3, -0.25) is 23.5 Å². The molecule has 188 valence electrons. The lowest BCUT2D eigenvalue weighted by Crippen LogP contribution is -2.39. The molecule has 0 spiro atoms. The number of fused-ring (bicyclic) bond motifs is 1. The Kier molecular flexibility index (Phi) is 8.28. The Morgan fingerprint density at radius 2 is 1.53 bits per heavy atom. The van der Waals surface area contributed by atoms with Crippen molar-refractivity contribution < 1.29 is 14.7 Å². The Labute approximate surface area is 213 Å². The smallest absolute Gasteiger partial charge is 0.331 e. The average molecular weight is 510 g/mol. The van der Waals surface area contributed by atoms with Gasteiger partial charge in [0, 0.05) is 38.8 Å². The largest absolute Gasteiger partial charge is 0.389 e. The first-order chi connectivity index (χ1) is 17.0. The Hall–Kier alpha value is -3.54. The van der Waals surface area contributed by atoms with Crippen molar-refractivity contribution in [2.24, 2.45) is 0 Å². The second-order valence-corrected chi connectivity index (χ2v) is 9.54. The van der Waals surface area contributed by atoms with Gasteiger partial charge in [0.25, 0.3) is 5.56 Å². The van der Waals surface area contributed by atoms with Crippen LogP contribution in [0.15, 0.2) is 46.0 Å². The number of halogens is 1. The summed E-state index contributed by atoms with van der Waals surface area (Å²) in [5.41, 5.74) is -0.297. The maximum absolute atomic E-state index is 12.8. The third kappa shape index (κ3) is 5.99. The second-order valence-electron chi connectivity index (χ2n) is 9.14. The minimum absolute atomic E-state index is 0.0171. The zero-order valence-electron chi connectivity index (χ0n) is 20.5. The fraction of sp³-hybridized carbons (Fsp3) is 0.370. The summed E-state index contributed by atoms with van der Waals surface area (Å²) in [7, 11) is 0. The van der Waals surface area contributed by atoms with E-state index >= 15 is 0 Å². The zero-order valence-corrected chi connectivity index (χ0v) is 21.3. The van der Waals surface area contributed by atoms with E-state index in [1.807, 2.05) is 13.0 Å². The highest BCUT2D eigenvalue weighted by atomic mass is 35.5. The maximum atomic E-state index is 12.8. The quantitative estimate of drug-likeness (QED) is 0.448. The fourth-order valence-electron chi connectivity index (χ4n) is 4.42. The monoisotopic (exact) mass is 509 g/mol. The Morgan fingerprint density at radius 3 is 2.06 bits per heavy atom. The molecule has 8 nitrogen and oxygen atoms in total. The first-order valence-corrected chi connectivity index (χ1v) is 12.1. The lowest BCUT2D eigenvalue weighted by molar-refractivity contribution is -0.127. The van der Waals surface area contributed by atoms with E-state index in [0.717, 1.165) is 4.57 Å². The molecule has 1 unspecified atom stereocenters. The number of hydrogen-bond acceptors (Lipinski definition) is 6. The van der Waals surface area contributed by atoms with Gasteiger partial charge in [-0.05, 0) is 56.2 Å². The van der Waals surface area contributed by atoms with Gasteiger partial charge in [0.15, 0.2) is 0 Å². The molecule has 3 rings (SSSR count). The first-order valence-electron chi connectivity index (χ1n) is 11.7. The number of hydrogen-bond donors (Lipinski definition) is 1. The Balaban J connectivity index is 1.71. The van der Waals surface area contributed by atoms with Crippen molar-refractivity contribution in [3.8, 4) is 6.07 Å². The molecule has 0 fully saturated rings. The second kappa shape index (κ2) is 11.0. The molecule has 2 aromatic carbocycles. The van der Waals surface area contributed by atoms with Gasteiger partial charge < -0.3 is 5.11 Å². The van der Waals surface area contributed by atoms with E-state index in [2.05, 4.69) is 0 Å². The molecule has 0 bridgehead atoms. The predicted molar refractivity (Wildman–Crippen MR) is 137 cm³/mol. The lowest BCUT2D eigenvalue weighted by Gasteiger charge is -2.22. The molecule has 1 N–H and O–H groups in total. The molecule has 0 saturated heterocycles. The van der Waals surface area contributed by atoms with Crippen LogP contribution in [-0.4, -0.2) is 31.4 Å². The van der Waals surface area contributed by atoms with Crippen molar-refractivity contribution in [1.29, 1.82) is 5.26 Å². The van der Waals surface area contributed by atoms with Gasteiger partial charge in [-0.2, -0.15) is 5.26 Å². The zero-order chi connectivity index (χ0) is 26.6. The standard InChI is InChI=1S/C27H28ClN3O5/c1-4-30-24-9-7-17(12-22(24)25(34)31(5-2)26(30)35)10-20(32)14-27(3,36)15-21(33)11-18-6-8-19(16-29)23(28)13-18/h6-9,12-13,36H,4-5,10-11,14-15H2,1-3H3. The number of carbonyl (C=O) groups excluding carboxylic acids is 2. The molecule has 0 aliphatic rings. The molecule has 1 aromatic heterocycles. The average Bonchev–Trinajstić information content (AvgIpc) is 2.79. The van der Waals surface area contributed by atoms with E-state index < -0.39 is 11.2 Å². The van der Waals surface area contributed by atoms with Crippen molar-refractivity contribution >= 4 is 34.1 Å². The Bertz CT molecular complexity index is 1490. The van der Waals surface area contributed by atoms with Gasteiger partial charge in [0.2, 0.25) is 0 Å². The van der Waals surface area contributed by atoms with Crippen LogP contribution in [0.4, 0.5) is 0 Å². The van der Waals surface area contributed by atoms with E-state index in [0.29, 0.717) is 34.1 Å². The highest BCUT2D eigenvalue weighted by molar-refractivity contribution is 6.31. The number of aromatic nitrogens is 2. The van der Waals surface area contributed by atoms with Crippen molar-refractivity contribution in [1.82, 2.24) is 9.13 Å². The number of ketones is 2. The summed E-state index contributed by atoms with van der Waals surface area (Å²) in [5, 5.41) is 20.3. The third-order valence-electron chi connectivity index (χ3n) is 6.03. The number of nitriles is 1. The summed E-state index contributed by atoms with van der Waals surface area (Å²) in [6, 6.07) is 11.6. The molecule has 3 aromatic rings. The van der Waals surface area contributed by atoms with Crippen molar-refractivity contribution in [3.05, 3.63) is 78.9 Å². The summed E-state index contributed by atoms with van der Waals surface area (Å²) in [5.74, 6) is -0.551. The number of rotatable bonds is 10. The normalized spacial score (nSPS) is 12.8. The fourth-order valence-corrected chi connectivity index (χ4v) is 4.66. The minimum atomic E-state index is -1.54. The van der Waals surface area contributed by atoms with E-state index in [4.69, 9.17) is 16.9 Å². The molecule has 0 aliphatic heterocycles. The molecule has 36 heavy (non-hydrogen) atoms. The van der Waals surface area contributed by atoms with Gasteiger partial charge in [-0.15, -0.1) is 0 Å². The summed E-state index contributed by atoms with van der Waals surface area (Å²) >= 11 is 6.01. The summed E-state index contributed by atoms with van der Waals surface area (Å²) < 4.78 is 2.68. The van der Waals surface area contributed by atoms with E-state index in [1.165, 1.54) is 17.6 Å². The van der Waals surface area contributed by atoms with Crippen LogP contribution in [0.25, 0.3) is 10.9 Å². The summed E-state index contributed by atoms with van der Waals surface area (Å²) in [6.45, 7) is 5.63. The number of aliphatic hydroxyl groups is 1. The van der Waals surface area contributed by atoms with Crippen LogP contribution in [0.3, 0.4) is 0 Å². The van der Waals surface area contributed by atoms with Crippen LogP contribution in [0.5, 0.6) is 0 Å². The molecular weight excluding hydrogens is 482 g/mol. The molecule has 0 saturated carbocycles. The number of aryl methyl sites for hydroxylation is 1. The van der Waals surface area contributed by atoms with E-state index in [1.54, 1.807) is 37.3 Å². The number of carbonyl (C=O) groups is 2. The van der Waals surface area contributed by atoms with Gasteiger partial charge >= 0.3 is 5.69 Å². The first kappa shape index (κ1) is 27.1. The van der Waals surface area contributed by atoms with Crippen molar-refractivity contribution in [3.63, 3.8) is 0 Å². The Morgan fingerprint density at radius 1 is 0.972 bits per heavy atom. The van der Waals surface area contributed by atoms with Gasteiger partial charge in [0.1, 0.15) is 17.6 Å². The molecule has 0 aliphatic carbocycles. The van der Waals surface area contributed by atoms with Crippen LogP contribution in [-0.2, 0) is 35.5 Å². The van der Waals surface area contributed by atoms with E-state index in [-0.39, 0.29) is 54.5 Å². The van der Waals surface area contributed by atoms with Gasteiger partial charge in [-0.25, -0.2) is 4.79 Å². The van der Waals surface area contributed by atoms with Crippen LogP contribution >= 0.6 is 11.6 Å². The van der Waals surface area contributed by atoms with E-state index in [9.17, 15) is 24.3 Å². The molecule has 1 heterocycles. The third-order valence-corrected chi connectivity index (χ3v) is 6.35. The maximum Gasteiger partial charge on any atom is 0.331 e. The molecule has 0 radical (unpaired) electrons. The SMILES string of the molecule is CCn1c(=O)c2cc(CC(=O)CC(C)(O)CC(=O)Cc3ccc(C#N)c(Cl)c3)ccc2n(CC)c1=O.